The lowest BCUT2D eigenvalue weighted by atomic mass is 10.2. The maximum Gasteiger partial charge on any atom is 0.0918 e. The molecule has 5 nitrogen and oxygen atoms in total. The molecule has 0 aromatic carbocycles. The van der Waals surface area contributed by atoms with Gasteiger partial charge < -0.3 is 5.73 Å². The monoisotopic (exact) mass is 175 g/mol. The molecular weight excluding hydrogens is 166 g/mol. The fourth-order valence-electron chi connectivity index (χ4n) is 1.15. The van der Waals surface area contributed by atoms with Gasteiger partial charge in [-0.05, 0) is 6.07 Å². The highest BCUT2D eigenvalue weighted by Crippen LogP contribution is 2.22. The van der Waals surface area contributed by atoms with Crippen molar-refractivity contribution < 1.29 is 0 Å². The van der Waals surface area contributed by atoms with Crippen molar-refractivity contribution in [1.29, 1.82) is 0 Å². The number of hydrogen-bond acceptors (Lipinski definition) is 4. The van der Waals surface area contributed by atoms with Gasteiger partial charge in [0.1, 0.15) is 0 Å². The Morgan fingerprint density at radius 2 is 2.23 bits per heavy atom. The molecule has 0 radical (unpaired) electrons. The molecule has 5 heteroatoms. The van der Waals surface area contributed by atoms with Gasteiger partial charge in [-0.15, -0.1) is 5.10 Å². The third-order valence-electron chi connectivity index (χ3n) is 1.85. The number of aryl methyl sites for hydroxylation is 1. The number of aromatic nitrogens is 4. The molecule has 0 unspecified atom stereocenters. The minimum absolute atomic E-state index is 0.681. The Balaban J connectivity index is 2.59. The lowest BCUT2D eigenvalue weighted by molar-refractivity contribution is 0.720. The Morgan fingerprint density at radius 3 is 2.85 bits per heavy atom. The summed E-state index contributed by atoms with van der Waals surface area (Å²) in [5.74, 6) is 0. The van der Waals surface area contributed by atoms with Crippen LogP contribution < -0.4 is 5.73 Å². The maximum absolute atomic E-state index is 5.77. The van der Waals surface area contributed by atoms with Gasteiger partial charge in [-0.1, -0.05) is 5.21 Å². The number of nitrogens with two attached hydrogens (primary N) is 1. The molecule has 2 heterocycles. The Bertz CT molecular complexity index is 420. The fourth-order valence-corrected chi connectivity index (χ4v) is 1.15. The molecule has 0 atom stereocenters. The first-order valence-electron chi connectivity index (χ1n) is 3.83. The molecule has 0 aliphatic rings. The number of nitrogens with zero attached hydrogens (tertiary/aromatic N) is 4. The van der Waals surface area contributed by atoms with Crippen molar-refractivity contribution in [3.8, 4) is 11.3 Å². The predicted octanol–water partition coefficient (Wildman–Crippen LogP) is 0.459. The lowest BCUT2D eigenvalue weighted by Crippen LogP contribution is -1.97. The van der Waals surface area contributed by atoms with Gasteiger partial charge in [-0.25, -0.2) is 4.68 Å². The number of pyridine rings is 1. The highest BCUT2D eigenvalue weighted by Gasteiger charge is 2.06. The van der Waals surface area contributed by atoms with Gasteiger partial charge >= 0.3 is 0 Å². The highest BCUT2D eigenvalue weighted by atomic mass is 15.4. The van der Waals surface area contributed by atoms with Crippen LogP contribution in [0.1, 0.15) is 0 Å². The Kier molecular flexibility index (Phi) is 1.70. The zero-order valence-corrected chi connectivity index (χ0v) is 7.18. The summed E-state index contributed by atoms with van der Waals surface area (Å²) in [6.45, 7) is 0. The summed E-state index contributed by atoms with van der Waals surface area (Å²) in [6.07, 6.45) is 5.02. The van der Waals surface area contributed by atoms with E-state index in [1.165, 1.54) is 0 Å². The van der Waals surface area contributed by atoms with E-state index < -0.39 is 0 Å². The maximum atomic E-state index is 5.77. The fraction of sp³-hybridized carbons (Fsp3) is 0.125. The van der Waals surface area contributed by atoms with Crippen LogP contribution >= 0.6 is 0 Å². The molecule has 2 N–H and O–H groups in total. The first-order valence-corrected chi connectivity index (χ1v) is 3.83. The Hall–Kier alpha value is -1.91. The van der Waals surface area contributed by atoms with Gasteiger partial charge in [0.05, 0.1) is 11.9 Å². The van der Waals surface area contributed by atoms with Gasteiger partial charge in [0.15, 0.2) is 0 Å². The van der Waals surface area contributed by atoms with Gasteiger partial charge in [-0.3, -0.25) is 4.98 Å². The summed E-state index contributed by atoms with van der Waals surface area (Å²) in [6, 6.07) is 1.75. The second kappa shape index (κ2) is 2.85. The largest absolute Gasteiger partial charge is 0.398 e. The lowest BCUT2D eigenvalue weighted by Gasteiger charge is -2.02. The van der Waals surface area contributed by atoms with E-state index in [9.17, 15) is 0 Å². The summed E-state index contributed by atoms with van der Waals surface area (Å²) in [5, 5.41) is 7.59. The van der Waals surface area contributed by atoms with E-state index in [1.807, 2.05) is 7.05 Å². The van der Waals surface area contributed by atoms with Crippen LogP contribution in [0.5, 0.6) is 0 Å². The summed E-state index contributed by atoms with van der Waals surface area (Å²) in [5.41, 5.74) is 8.18. The molecule has 2 aromatic rings. The second-order valence-corrected chi connectivity index (χ2v) is 2.71. The predicted molar refractivity (Wildman–Crippen MR) is 48.6 cm³/mol. The summed E-state index contributed by atoms with van der Waals surface area (Å²) < 4.78 is 1.66. The van der Waals surface area contributed by atoms with Crippen LogP contribution in [0.15, 0.2) is 24.7 Å². The van der Waals surface area contributed by atoms with Crippen molar-refractivity contribution >= 4 is 5.69 Å². The van der Waals surface area contributed by atoms with Crippen LogP contribution in [-0.2, 0) is 7.05 Å². The Morgan fingerprint density at radius 1 is 1.38 bits per heavy atom. The Labute approximate surface area is 75.2 Å². The van der Waals surface area contributed by atoms with E-state index in [0.717, 1.165) is 11.3 Å². The van der Waals surface area contributed by atoms with Crippen molar-refractivity contribution in [3.05, 3.63) is 24.7 Å². The number of hydrogen-bond donors (Lipinski definition) is 1. The topological polar surface area (TPSA) is 69.6 Å². The van der Waals surface area contributed by atoms with Crippen molar-refractivity contribution in [2.24, 2.45) is 7.05 Å². The molecule has 0 saturated carbocycles. The smallest absolute Gasteiger partial charge is 0.0918 e. The third-order valence-corrected chi connectivity index (χ3v) is 1.85. The van der Waals surface area contributed by atoms with Crippen LogP contribution in [-0.4, -0.2) is 20.0 Å². The second-order valence-electron chi connectivity index (χ2n) is 2.71. The normalized spacial score (nSPS) is 10.2. The van der Waals surface area contributed by atoms with Crippen molar-refractivity contribution in [1.82, 2.24) is 20.0 Å². The van der Waals surface area contributed by atoms with Crippen LogP contribution in [0.3, 0.4) is 0 Å². The minimum atomic E-state index is 0.681. The van der Waals surface area contributed by atoms with E-state index in [0.29, 0.717) is 5.69 Å². The van der Waals surface area contributed by atoms with Gasteiger partial charge in [0.2, 0.25) is 0 Å². The van der Waals surface area contributed by atoms with Gasteiger partial charge in [0, 0.05) is 30.7 Å². The molecular formula is C8H9N5. The molecule has 0 fully saturated rings. The molecule has 0 saturated heterocycles. The molecule has 13 heavy (non-hydrogen) atoms. The van der Waals surface area contributed by atoms with Crippen molar-refractivity contribution in [3.63, 3.8) is 0 Å². The van der Waals surface area contributed by atoms with Gasteiger partial charge in [0.25, 0.3) is 0 Å². The molecule has 0 amide bonds. The average molecular weight is 175 g/mol. The standard InChI is InChI=1S/C8H9N5/c1-13-8(5-11-12-13)6-4-10-3-2-7(6)9/h2-5H,1H3,(H2,9,10). The third kappa shape index (κ3) is 1.24. The van der Waals surface area contributed by atoms with Gasteiger partial charge in [-0.2, -0.15) is 0 Å². The molecule has 0 bridgehead atoms. The highest BCUT2D eigenvalue weighted by molar-refractivity contribution is 5.71. The van der Waals surface area contributed by atoms with E-state index in [4.69, 9.17) is 5.73 Å². The molecule has 0 spiro atoms. The van der Waals surface area contributed by atoms with Crippen molar-refractivity contribution in [2.45, 2.75) is 0 Å². The SMILES string of the molecule is Cn1nncc1-c1cnccc1N. The first-order chi connectivity index (χ1) is 6.29. The molecule has 66 valence electrons. The summed E-state index contributed by atoms with van der Waals surface area (Å²) in [4.78, 5) is 3.99. The van der Waals surface area contributed by atoms with E-state index in [2.05, 4.69) is 15.3 Å². The molecule has 0 aliphatic heterocycles. The quantitative estimate of drug-likeness (QED) is 0.683. The summed E-state index contributed by atoms with van der Waals surface area (Å²) >= 11 is 0. The van der Waals surface area contributed by atoms with Crippen LogP contribution in [0, 0.1) is 0 Å². The number of nitrogen functional groups attached to an aromatic ring is 1. The van der Waals surface area contributed by atoms with Crippen LogP contribution in [0.25, 0.3) is 11.3 Å². The zero-order chi connectivity index (χ0) is 9.26. The molecule has 0 aliphatic carbocycles. The van der Waals surface area contributed by atoms with Crippen LogP contribution in [0.4, 0.5) is 5.69 Å². The van der Waals surface area contributed by atoms with E-state index in [1.54, 1.807) is 29.3 Å². The molecule has 2 aromatic heterocycles. The van der Waals surface area contributed by atoms with E-state index in [-0.39, 0.29) is 0 Å². The number of anilines is 1. The van der Waals surface area contributed by atoms with Crippen LogP contribution in [0.2, 0.25) is 0 Å². The number of rotatable bonds is 1. The summed E-state index contributed by atoms with van der Waals surface area (Å²) in [7, 11) is 1.81. The van der Waals surface area contributed by atoms with E-state index >= 15 is 0 Å². The minimum Gasteiger partial charge on any atom is -0.398 e. The zero-order valence-electron chi connectivity index (χ0n) is 7.18. The molecule has 2 rings (SSSR count). The average Bonchev–Trinajstić information content (AvgIpc) is 2.52. The van der Waals surface area contributed by atoms with Crippen molar-refractivity contribution in [2.75, 3.05) is 5.73 Å². The first kappa shape index (κ1) is 7.72.